The molecule has 0 heterocycles. The van der Waals surface area contributed by atoms with E-state index in [2.05, 4.69) is 10.1 Å². The van der Waals surface area contributed by atoms with Gasteiger partial charge < -0.3 is 24.3 Å². The van der Waals surface area contributed by atoms with Crippen molar-refractivity contribution in [1.82, 2.24) is 5.32 Å². The Balaban J connectivity index is 2.16. The van der Waals surface area contributed by atoms with Gasteiger partial charge in [-0.05, 0) is 36.8 Å². The first-order valence-electron chi connectivity index (χ1n) is 8.19. The van der Waals surface area contributed by atoms with Crippen LogP contribution in [0.1, 0.15) is 22.8 Å². The Hall–Kier alpha value is -3.03. The van der Waals surface area contributed by atoms with Crippen molar-refractivity contribution < 1.29 is 32.5 Å². The predicted octanol–water partition coefficient (Wildman–Crippen LogP) is 3.63. The first-order chi connectivity index (χ1) is 13.0. The van der Waals surface area contributed by atoms with Crippen LogP contribution in [0, 0.1) is 0 Å². The molecule has 0 saturated carbocycles. The van der Waals surface area contributed by atoms with Crippen LogP contribution in [0.4, 0.5) is 8.78 Å². The summed E-state index contributed by atoms with van der Waals surface area (Å²) < 4.78 is 45.5. The number of ether oxygens (including phenoxy) is 4. The van der Waals surface area contributed by atoms with Gasteiger partial charge in [0.1, 0.15) is 0 Å². The normalized spacial score (nSPS) is 10.4. The molecule has 0 aromatic heterocycles. The lowest BCUT2D eigenvalue weighted by atomic mass is 10.1. The van der Waals surface area contributed by atoms with Crippen molar-refractivity contribution in [1.29, 1.82) is 0 Å². The number of para-hydroxylation sites is 1. The van der Waals surface area contributed by atoms with E-state index < -0.39 is 12.5 Å². The van der Waals surface area contributed by atoms with Crippen LogP contribution in [0.3, 0.4) is 0 Å². The minimum absolute atomic E-state index is 0.0469. The molecule has 2 aromatic rings. The number of hydrogen-bond donors (Lipinski definition) is 1. The van der Waals surface area contributed by atoms with Gasteiger partial charge in [0.25, 0.3) is 5.91 Å². The van der Waals surface area contributed by atoms with Crippen molar-refractivity contribution in [2.24, 2.45) is 0 Å². The fourth-order valence-corrected chi connectivity index (χ4v) is 2.44. The average molecular weight is 381 g/mol. The fourth-order valence-electron chi connectivity index (χ4n) is 2.44. The second-order valence-electron chi connectivity index (χ2n) is 5.32. The van der Waals surface area contributed by atoms with Gasteiger partial charge in [0.2, 0.25) is 0 Å². The van der Waals surface area contributed by atoms with Gasteiger partial charge in [0.05, 0.1) is 26.4 Å². The topological polar surface area (TPSA) is 66.0 Å². The van der Waals surface area contributed by atoms with E-state index >= 15 is 0 Å². The summed E-state index contributed by atoms with van der Waals surface area (Å²) in [6, 6.07) is 9.58. The van der Waals surface area contributed by atoms with Gasteiger partial charge in [-0.1, -0.05) is 12.1 Å². The summed E-state index contributed by atoms with van der Waals surface area (Å²) in [6.45, 7) is -0.564. The molecule has 0 bridgehead atoms. The summed E-state index contributed by atoms with van der Waals surface area (Å²) in [4.78, 5) is 12.5. The third-order valence-electron chi connectivity index (χ3n) is 3.63. The van der Waals surface area contributed by atoms with Gasteiger partial charge >= 0.3 is 6.61 Å². The highest BCUT2D eigenvalue weighted by molar-refractivity contribution is 5.97. The van der Waals surface area contributed by atoms with Crippen molar-refractivity contribution in [3.8, 4) is 23.0 Å². The molecule has 8 heteroatoms. The van der Waals surface area contributed by atoms with E-state index in [0.29, 0.717) is 18.1 Å². The summed E-state index contributed by atoms with van der Waals surface area (Å²) in [5.41, 5.74) is 0.704. The second-order valence-corrected chi connectivity index (χ2v) is 5.32. The van der Waals surface area contributed by atoms with E-state index in [9.17, 15) is 13.6 Å². The van der Waals surface area contributed by atoms with Crippen LogP contribution < -0.4 is 24.3 Å². The Morgan fingerprint density at radius 3 is 2.44 bits per heavy atom. The average Bonchev–Trinajstić information content (AvgIpc) is 2.66. The number of rotatable bonds is 9. The Morgan fingerprint density at radius 2 is 1.81 bits per heavy atom. The van der Waals surface area contributed by atoms with Gasteiger partial charge in [0, 0.05) is 6.54 Å². The van der Waals surface area contributed by atoms with Crippen LogP contribution in [0.5, 0.6) is 23.0 Å². The molecule has 0 atom stereocenters. The fraction of sp³-hybridized carbons (Fsp3) is 0.316. The second kappa shape index (κ2) is 9.61. The number of carbonyl (C=O) groups excluding carboxylic acids is 1. The molecule has 0 aliphatic carbocycles. The highest BCUT2D eigenvalue weighted by atomic mass is 19.3. The number of carbonyl (C=O) groups is 1. The monoisotopic (exact) mass is 381 g/mol. The minimum atomic E-state index is -3.08. The number of halogens is 2. The van der Waals surface area contributed by atoms with Crippen LogP contribution in [-0.2, 0) is 6.54 Å². The van der Waals surface area contributed by atoms with Crippen LogP contribution in [-0.4, -0.2) is 33.3 Å². The minimum Gasteiger partial charge on any atom is -0.493 e. The number of nitrogens with one attached hydrogen (secondary N) is 1. The Labute approximate surface area is 156 Å². The molecule has 0 radical (unpaired) electrons. The van der Waals surface area contributed by atoms with E-state index in [1.54, 1.807) is 18.2 Å². The first-order valence-corrected chi connectivity index (χ1v) is 8.19. The number of alkyl halides is 2. The molecule has 146 valence electrons. The number of hydrogen-bond acceptors (Lipinski definition) is 5. The van der Waals surface area contributed by atoms with E-state index in [1.165, 1.54) is 32.4 Å². The van der Waals surface area contributed by atoms with Crippen molar-refractivity contribution in [2.75, 3.05) is 20.8 Å². The van der Waals surface area contributed by atoms with Crippen LogP contribution in [0.2, 0.25) is 0 Å². The summed E-state index contributed by atoms with van der Waals surface area (Å²) in [7, 11) is 2.83. The molecule has 0 saturated heterocycles. The quantitative estimate of drug-likeness (QED) is 0.719. The molecule has 2 aromatic carbocycles. The summed E-state index contributed by atoms with van der Waals surface area (Å²) in [5, 5.41) is 2.67. The van der Waals surface area contributed by atoms with Crippen molar-refractivity contribution in [3.05, 3.63) is 47.5 Å². The van der Waals surface area contributed by atoms with Gasteiger partial charge in [-0.3, -0.25) is 4.79 Å². The zero-order chi connectivity index (χ0) is 19.8. The van der Waals surface area contributed by atoms with E-state index in [-0.39, 0.29) is 23.6 Å². The molecule has 0 aliphatic heterocycles. The molecule has 2 rings (SSSR count). The lowest BCUT2D eigenvalue weighted by Gasteiger charge is -2.15. The maximum absolute atomic E-state index is 12.7. The highest BCUT2D eigenvalue weighted by Gasteiger charge is 2.20. The van der Waals surface area contributed by atoms with Crippen molar-refractivity contribution in [2.45, 2.75) is 20.1 Å². The molecule has 0 fully saturated rings. The molecule has 0 spiro atoms. The lowest BCUT2D eigenvalue weighted by Crippen LogP contribution is -2.24. The Kier molecular flexibility index (Phi) is 7.22. The zero-order valence-corrected chi connectivity index (χ0v) is 15.3. The zero-order valence-electron chi connectivity index (χ0n) is 15.3. The third-order valence-corrected chi connectivity index (χ3v) is 3.63. The van der Waals surface area contributed by atoms with Gasteiger partial charge in [-0.2, -0.15) is 8.78 Å². The summed E-state index contributed by atoms with van der Waals surface area (Å²) in [5.74, 6) is 0.294. The van der Waals surface area contributed by atoms with Crippen LogP contribution in [0.25, 0.3) is 0 Å². The molecule has 27 heavy (non-hydrogen) atoms. The maximum Gasteiger partial charge on any atom is 0.387 e. The lowest BCUT2D eigenvalue weighted by molar-refractivity contribution is -0.0515. The summed E-state index contributed by atoms with van der Waals surface area (Å²) in [6.07, 6.45) is 0. The molecular weight excluding hydrogens is 360 g/mol. The molecule has 0 aliphatic rings. The first kappa shape index (κ1) is 20.3. The van der Waals surface area contributed by atoms with E-state index in [4.69, 9.17) is 14.2 Å². The third kappa shape index (κ3) is 5.22. The smallest absolute Gasteiger partial charge is 0.387 e. The van der Waals surface area contributed by atoms with E-state index in [1.807, 2.05) is 6.92 Å². The van der Waals surface area contributed by atoms with Gasteiger partial charge in [-0.15, -0.1) is 0 Å². The Morgan fingerprint density at radius 1 is 1.07 bits per heavy atom. The van der Waals surface area contributed by atoms with Crippen molar-refractivity contribution in [3.63, 3.8) is 0 Å². The molecular formula is C19H21F2NO5. The number of methoxy groups -OCH3 is 2. The number of benzene rings is 2. The van der Waals surface area contributed by atoms with Crippen LogP contribution >= 0.6 is 0 Å². The van der Waals surface area contributed by atoms with Crippen LogP contribution in [0.15, 0.2) is 36.4 Å². The largest absolute Gasteiger partial charge is 0.493 e. The number of amides is 1. The van der Waals surface area contributed by atoms with E-state index in [0.717, 1.165) is 5.56 Å². The molecule has 0 unspecified atom stereocenters. The summed E-state index contributed by atoms with van der Waals surface area (Å²) >= 11 is 0. The van der Waals surface area contributed by atoms with Gasteiger partial charge in [0.15, 0.2) is 23.0 Å². The predicted molar refractivity (Wildman–Crippen MR) is 95.0 cm³/mol. The standard InChI is InChI=1S/C19H21F2NO5/c1-4-26-14-9-8-12(10-16(14)25-3)11-22-18(23)13-6-5-7-15(24-2)17(13)27-19(20)21/h5-10,19H,4,11H2,1-3H3,(H,22,23). The SMILES string of the molecule is CCOc1ccc(CNC(=O)c2cccc(OC)c2OC(F)F)cc1OC. The molecule has 6 nitrogen and oxygen atoms in total. The maximum atomic E-state index is 12.7. The highest BCUT2D eigenvalue weighted by Crippen LogP contribution is 2.32. The van der Waals surface area contributed by atoms with Crippen molar-refractivity contribution >= 4 is 5.91 Å². The molecule has 1 amide bonds. The Bertz CT molecular complexity index is 783. The molecule has 1 N–H and O–H groups in total. The van der Waals surface area contributed by atoms with Gasteiger partial charge in [-0.25, -0.2) is 0 Å².